The zero-order chi connectivity index (χ0) is 11.2. The van der Waals surface area contributed by atoms with Crippen molar-refractivity contribution in [2.75, 3.05) is 6.54 Å². The largest absolute Gasteiger partial charge is 0.328 e. The Kier molecular flexibility index (Phi) is 2.81. The van der Waals surface area contributed by atoms with E-state index in [9.17, 15) is 8.42 Å². The molecule has 5 heteroatoms. The number of nitrogens with two attached hydrogens (primary N) is 1. The van der Waals surface area contributed by atoms with Gasteiger partial charge in [0.05, 0.1) is 5.25 Å². The number of nitrogens with zero attached hydrogens (tertiary/aromatic N) is 1. The van der Waals surface area contributed by atoms with Crippen molar-refractivity contribution in [3.05, 3.63) is 0 Å². The van der Waals surface area contributed by atoms with Crippen LogP contribution in [0.1, 0.15) is 33.1 Å². The van der Waals surface area contributed by atoms with E-state index in [1.165, 1.54) is 0 Å². The van der Waals surface area contributed by atoms with Gasteiger partial charge in [-0.15, -0.1) is 0 Å². The Morgan fingerprint density at radius 1 is 1.27 bits per heavy atom. The maximum absolute atomic E-state index is 12.1. The van der Waals surface area contributed by atoms with Gasteiger partial charge in [-0.2, -0.15) is 4.31 Å². The summed E-state index contributed by atoms with van der Waals surface area (Å²) < 4.78 is 25.8. The number of hydrogen-bond donors (Lipinski definition) is 1. The van der Waals surface area contributed by atoms with Gasteiger partial charge in [-0.05, 0) is 39.0 Å². The molecule has 0 radical (unpaired) electrons. The fourth-order valence-electron chi connectivity index (χ4n) is 2.82. The summed E-state index contributed by atoms with van der Waals surface area (Å²) in [5.41, 5.74) is 5.92. The SMILES string of the molecule is CC(C)S(=O)(=O)N1CC2CC(N)CC1C2. The smallest absolute Gasteiger partial charge is 0.216 e. The third kappa shape index (κ3) is 1.92. The highest BCUT2D eigenvalue weighted by molar-refractivity contribution is 7.89. The third-order valence-electron chi connectivity index (χ3n) is 3.58. The molecule has 1 heterocycles. The average molecular weight is 232 g/mol. The summed E-state index contributed by atoms with van der Waals surface area (Å²) in [6.07, 6.45) is 2.84. The molecule has 1 aliphatic heterocycles. The predicted molar refractivity (Wildman–Crippen MR) is 59.9 cm³/mol. The van der Waals surface area contributed by atoms with Gasteiger partial charge in [0.25, 0.3) is 0 Å². The molecule has 1 saturated carbocycles. The van der Waals surface area contributed by atoms with Crippen molar-refractivity contribution >= 4 is 10.0 Å². The van der Waals surface area contributed by atoms with Crippen molar-refractivity contribution in [3.63, 3.8) is 0 Å². The molecule has 0 aromatic rings. The molecule has 4 nitrogen and oxygen atoms in total. The summed E-state index contributed by atoms with van der Waals surface area (Å²) in [5, 5.41) is -0.312. The summed E-state index contributed by atoms with van der Waals surface area (Å²) in [6.45, 7) is 4.19. The molecular weight excluding hydrogens is 212 g/mol. The normalized spacial score (nSPS) is 37.5. The number of fused-ring (bicyclic) bond motifs is 2. The lowest BCUT2D eigenvalue weighted by Gasteiger charge is -2.28. The van der Waals surface area contributed by atoms with E-state index in [1.807, 2.05) is 0 Å². The van der Waals surface area contributed by atoms with E-state index in [4.69, 9.17) is 5.73 Å². The molecule has 2 rings (SSSR count). The lowest BCUT2D eigenvalue weighted by Crippen LogP contribution is -2.41. The Morgan fingerprint density at radius 3 is 2.53 bits per heavy atom. The molecule has 0 spiro atoms. The summed E-state index contributed by atoms with van der Waals surface area (Å²) in [6, 6.07) is 0.368. The van der Waals surface area contributed by atoms with Gasteiger partial charge in [0, 0.05) is 18.6 Å². The molecule has 3 unspecified atom stereocenters. The van der Waals surface area contributed by atoms with Gasteiger partial charge in [-0.25, -0.2) is 8.42 Å². The maximum atomic E-state index is 12.1. The van der Waals surface area contributed by atoms with Crippen molar-refractivity contribution in [2.24, 2.45) is 11.7 Å². The number of sulfonamides is 1. The van der Waals surface area contributed by atoms with Crippen LogP contribution in [0.3, 0.4) is 0 Å². The molecule has 1 aliphatic carbocycles. The second kappa shape index (κ2) is 3.71. The minimum absolute atomic E-state index is 0.172. The third-order valence-corrected chi connectivity index (χ3v) is 5.88. The van der Waals surface area contributed by atoms with Crippen molar-refractivity contribution in [1.82, 2.24) is 4.31 Å². The van der Waals surface area contributed by atoms with Crippen LogP contribution in [-0.4, -0.2) is 36.6 Å². The first kappa shape index (κ1) is 11.4. The molecule has 2 fully saturated rings. The van der Waals surface area contributed by atoms with Crippen LogP contribution in [0.2, 0.25) is 0 Å². The topological polar surface area (TPSA) is 63.4 Å². The molecule has 0 aromatic carbocycles. The Morgan fingerprint density at radius 2 is 1.93 bits per heavy atom. The molecule has 88 valence electrons. The van der Waals surface area contributed by atoms with Crippen LogP contribution >= 0.6 is 0 Å². The van der Waals surface area contributed by atoms with E-state index in [0.29, 0.717) is 12.5 Å². The van der Waals surface area contributed by atoms with Gasteiger partial charge in [0.15, 0.2) is 0 Å². The van der Waals surface area contributed by atoms with Crippen LogP contribution < -0.4 is 5.73 Å². The Hall–Kier alpha value is -0.130. The molecule has 15 heavy (non-hydrogen) atoms. The maximum Gasteiger partial charge on any atom is 0.216 e. The molecule has 0 amide bonds. The van der Waals surface area contributed by atoms with E-state index >= 15 is 0 Å². The minimum Gasteiger partial charge on any atom is -0.328 e. The van der Waals surface area contributed by atoms with Gasteiger partial charge in [-0.3, -0.25) is 0 Å². The van der Waals surface area contributed by atoms with E-state index < -0.39 is 10.0 Å². The Bertz CT molecular complexity index is 339. The standard InChI is InChI=1S/C10H20N2O2S/c1-7(2)15(13,14)12-6-8-3-9(11)5-10(12)4-8/h7-10H,3-6,11H2,1-2H3. The van der Waals surface area contributed by atoms with Crippen molar-refractivity contribution < 1.29 is 8.42 Å². The number of hydrogen-bond acceptors (Lipinski definition) is 3. The summed E-state index contributed by atoms with van der Waals surface area (Å²) in [7, 11) is -3.08. The Labute approximate surface area is 91.9 Å². The highest BCUT2D eigenvalue weighted by atomic mass is 32.2. The van der Waals surface area contributed by atoms with Crippen molar-refractivity contribution in [1.29, 1.82) is 0 Å². The van der Waals surface area contributed by atoms with Crippen LogP contribution in [0, 0.1) is 5.92 Å². The zero-order valence-electron chi connectivity index (χ0n) is 9.39. The molecular formula is C10H20N2O2S. The fraction of sp³-hybridized carbons (Fsp3) is 1.00. The van der Waals surface area contributed by atoms with Crippen molar-refractivity contribution in [2.45, 2.75) is 50.4 Å². The van der Waals surface area contributed by atoms with Crippen LogP contribution in [0.15, 0.2) is 0 Å². The molecule has 2 N–H and O–H groups in total. The molecule has 1 saturated heterocycles. The van der Waals surface area contributed by atoms with Crippen LogP contribution in [-0.2, 0) is 10.0 Å². The van der Waals surface area contributed by atoms with Gasteiger partial charge < -0.3 is 5.73 Å². The second-order valence-electron chi connectivity index (χ2n) is 5.15. The summed E-state index contributed by atoms with van der Waals surface area (Å²) in [4.78, 5) is 0. The predicted octanol–water partition coefficient (Wildman–Crippen LogP) is 0.536. The first-order chi connectivity index (χ1) is 6.91. The fourth-order valence-corrected chi connectivity index (χ4v) is 4.37. The summed E-state index contributed by atoms with van der Waals surface area (Å²) in [5.74, 6) is 0.493. The van der Waals surface area contributed by atoms with Crippen LogP contribution in [0.25, 0.3) is 0 Å². The second-order valence-corrected chi connectivity index (χ2v) is 7.59. The first-order valence-corrected chi connectivity index (χ1v) is 7.18. The van der Waals surface area contributed by atoms with Gasteiger partial charge >= 0.3 is 0 Å². The number of rotatable bonds is 2. The van der Waals surface area contributed by atoms with E-state index in [0.717, 1.165) is 19.3 Å². The van der Waals surface area contributed by atoms with Gasteiger partial charge in [0.2, 0.25) is 10.0 Å². The van der Waals surface area contributed by atoms with E-state index in [2.05, 4.69) is 0 Å². The summed E-state index contributed by atoms with van der Waals surface area (Å²) >= 11 is 0. The highest BCUT2D eigenvalue weighted by Gasteiger charge is 2.44. The van der Waals surface area contributed by atoms with E-state index in [-0.39, 0.29) is 17.3 Å². The van der Waals surface area contributed by atoms with Crippen LogP contribution in [0.4, 0.5) is 0 Å². The molecule has 3 atom stereocenters. The lowest BCUT2D eigenvalue weighted by molar-refractivity contribution is 0.327. The minimum atomic E-state index is -3.08. The zero-order valence-corrected chi connectivity index (χ0v) is 10.2. The molecule has 2 bridgehead atoms. The van der Waals surface area contributed by atoms with Gasteiger partial charge in [-0.1, -0.05) is 0 Å². The molecule has 0 aromatic heterocycles. The van der Waals surface area contributed by atoms with Gasteiger partial charge in [0.1, 0.15) is 0 Å². The van der Waals surface area contributed by atoms with Crippen LogP contribution in [0.5, 0.6) is 0 Å². The molecule has 2 aliphatic rings. The van der Waals surface area contributed by atoms with Crippen molar-refractivity contribution in [3.8, 4) is 0 Å². The first-order valence-electron chi connectivity index (χ1n) is 5.67. The lowest BCUT2D eigenvalue weighted by atomic mass is 9.87. The highest BCUT2D eigenvalue weighted by Crippen LogP contribution is 2.37. The monoisotopic (exact) mass is 232 g/mol. The quantitative estimate of drug-likeness (QED) is 0.755. The average Bonchev–Trinajstić information content (AvgIpc) is 2.41. The van der Waals surface area contributed by atoms with E-state index in [1.54, 1.807) is 18.2 Å². The Balaban J connectivity index is 2.20.